The van der Waals surface area contributed by atoms with Crippen LogP contribution in [0.25, 0.3) is 0 Å². The first-order valence-corrected chi connectivity index (χ1v) is 7.30. The van der Waals surface area contributed by atoms with Crippen molar-refractivity contribution in [1.82, 2.24) is 15.3 Å². The van der Waals surface area contributed by atoms with E-state index in [2.05, 4.69) is 22.2 Å². The monoisotopic (exact) mass is 277 g/mol. The fraction of sp³-hybridized carbons (Fsp3) is 0.667. The van der Waals surface area contributed by atoms with E-state index < -0.39 is 0 Å². The summed E-state index contributed by atoms with van der Waals surface area (Å²) in [6.07, 6.45) is 3.10. The molecule has 1 saturated carbocycles. The van der Waals surface area contributed by atoms with Crippen molar-refractivity contribution in [2.24, 2.45) is 5.92 Å². The minimum atomic E-state index is -0.343. The normalized spacial score (nSPS) is 22.2. The number of rotatable bonds is 3. The number of amides is 1. The summed E-state index contributed by atoms with van der Waals surface area (Å²) < 4.78 is 0. The summed E-state index contributed by atoms with van der Waals surface area (Å²) in [5, 5.41) is 2.96. The zero-order chi connectivity index (χ0) is 14.9. The molecular weight excluding hydrogens is 254 g/mol. The maximum Gasteiger partial charge on any atom is 0.264 e. The highest BCUT2D eigenvalue weighted by Gasteiger charge is 2.25. The van der Waals surface area contributed by atoms with Crippen LogP contribution in [0, 0.1) is 12.8 Å². The molecule has 1 aliphatic carbocycles. The van der Waals surface area contributed by atoms with Crippen LogP contribution in [0.15, 0.2) is 4.79 Å². The molecule has 0 radical (unpaired) electrons. The number of nitrogens with one attached hydrogen (secondary N) is 2. The van der Waals surface area contributed by atoms with E-state index in [1.165, 1.54) is 0 Å². The van der Waals surface area contributed by atoms with Crippen molar-refractivity contribution < 1.29 is 4.79 Å². The molecule has 0 spiro atoms. The maximum atomic E-state index is 12.3. The Bertz CT molecular complexity index is 563. The largest absolute Gasteiger partial charge is 0.349 e. The average molecular weight is 277 g/mol. The van der Waals surface area contributed by atoms with Crippen LogP contribution < -0.4 is 10.9 Å². The average Bonchev–Trinajstić information content (AvgIpc) is 2.73. The first kappa shape index (κ1) is 14.8. The summed E-state index contributed by atoms with van der Waals surface area (Å²) in [5.41, 5.74) is 0.305. The molecule has 1 fully saturated rings. The molecule has 5 heteroatoms. The van der Waals surface area contributed by atoms with E-state index in [1.54, 1.807) is 6.92 Å². The van der Waals surface area contributed by atoms with E-state index in [0.29, 0.717) is 17.4 Å². The Kier molecular flexibility index (Phi) is 4.26. The predicted octanol–water partition coefficient (Wildman–Crippen LogP) is 2.12. The first-order valence-electron chi connectivity index (χ1n) is 7.30. The van der Waals surface area contributed by atoms with Crippen LogP contribution in [0.5, 0.6) is 0 Å². The molecule has 1 aromatic heterocycles. The molecule has 1 aliphatic rings. The fourth-order valence-electron chi connectivity index (χ4n) is 2.74. The van der Waals surface area contributed by atoms with Gasteiger partial charge in [0.05, 0.1) is 5.69 Å². The Morgan fingerprint density at radius 1 is 1.40 bits per heavy atom. The number of aromatic amines is 1. The zero-order valence-corrected chi connectivity index (χ0v) is 12.6. The van der Waals surface area contributed by atoms with Gasteiger partial charge >= 0.3 is 0 Å². The van der Waals surface area contributed by atoms with Gasteiger partial charge in [0.1, 0.15) is 11.4 Å². The molecule has 2 atom stereocenters. The van der Waals surface area contributed by atoms with E-state index in [-0.39, 0.29) is 29.0 Å². The summed E-state index contributed by atoms with van der Waals surface area (Å²) in [5.74, 6) is 1.10. The molecule has 1 amide bonds. The lowest BCUT2D eigenvalue weighted by molar-refractivity contribution is 0.0934. The van der Waals surface area contributed by atoms with Gasteiger partial charge in [-0.1, -0.05) is 20.8 Å². The van der Waals surface area contributed by atoms with Crippen molar-refractivity contribution in [2.75, 3.05) is 0 Å². The molecule has 2 unspecified atom stereocenters. The molecular formula is C15H23N3O2. The van der Waals surface area contributed by atoms with Crippen molar-refractivity contribution >= 4 is 5.91 Å². The Morgan fingerprint density at radius 2 is 2.10 bits per heavy atom. The van der Waals surface area contributed by atoms with E-state index in [1.807, 2.05) is 13.8 Å². The molecule has 0 aromatic carbocycles. The lowest BCUT2D eigenvalue weighted by Crippen LogP contribution is -2.37. The smallest absolute Gasteiger partial charge is 0.264 e. The summed E-state index contributed by atoms with van der Waals surface area (Å²) in [7, 11) is 0. The molecule has 0 aliphatic heterocycles. The highest BCUT2D eigenvalue weighted by Crippen LogP contribution is 2.24. The Hall–Kier alpha value is -1.65. The van der Waals surface area contributed by atoms with Crippen molar-refractivity contribution in [3.63, 3.8) is 0 Å². The number of hydrogen-bond donors (Lipinski definition) is 2. The van der Waals surface area contributed by atoms with Crippen molar-refractivity contribution in [3.8, 4) is 0 Å². The molecule has 0 bridgehead atoms. The van der Waals surface area contributed by atoms with Gasteiger partial charge in [-0.15, -0.1) is 0 Å². The van der Waals surface area contributed by atoms with E-state index >= 15 is 0 Å². The van der Waals surface area contributed by atoms with Crippen molar-refractivity contribution in [2.45, 2.75) is 58.9 Å². The summed E-state index contributed by atoms with van der Waals surface area (Å²) >= 11 is 0. The molecule has 110 valence electrons. The standard InChI is InChI=1S/C15H23N3O2/c1-8(2)13-16-10(4)12(15(20)18-13)14(19)17-11-6-5-9(3)7-11/h8-9,11H,5-7H2,1-4H3,(H,17,19)(H,16,18,20). The number of carbonyl (C=O) groups excluding carboxylic acids is 1. The van der Waals surface area contributed by atoms with Gasteiger partial charge in [-0.3, -0.25) is 9.59 Å². The molecule has 2 N–H and O–H groups in total. The third-order valence-corrected chi connectivity index (χ3v) is 3.92. The highest BCUT2D eigenvalue weighted by atomic mass is 16.2. The van der Waals surface area contributed by atoms with Gasteiger partial charge in [0.2, 0.25) is 0 Å². The van der Waals surface area contributed by atoms with Crippen LogP contribution >= 0.6 is 0 Å². The van der Waals surface area contributed by atoms with Crippen LogP contribution in [0.2, 0.25) is 0 Å². The van der Waals surface area contributed by atoms with E-state index in [4.69, 9.17) is 0 Å². The number of aromatic nitrogens is 2. The van der Waals surface area contributed by atoms with Gasteiger partial charge in [-0.25, -0.2) is 4.98 Å². The summed E-state index contributed by atoms with van der Waals surface area (Å²) in [6.45, 7) is 7.81. The van der Waals surface area contributed by atoms with E-state index in [0.717, 1.165) is 19.3 Å². The SMILES string of the molecule is Cc1nc(C(C)C)[nH]c(=O)c1C(=O)NC1CCC(C)C1. The molecule has 1 aromatic rings. The second kappa shape index (κ2) is 5.77. The van der Waals surface area contributed by atoms with Gasteiger partial charge in [-0.2, -0.15) is 0 Å². The number of nitrogens with zero attached hydrogens (tertiary/aromatic N) is 1. The second-order valence-electron chi connectivity index (χ2n) is 6.15. The quantitative estimate of drug-likeness (QED) is 0.888. The van der Waals surface area contributed by atoms with Crippen molar-refractivity contribution in [1.29, 1.82) is 0 Å². The van der Waals surface area contributed by atoms with Crippen LogP contribution in [0.1, 0.15) is 67.8 Å². The Balaban J connectivity index is 2.20. The number of aryl methyl sites for hydroxylation is 1. The molecule has 20 heavy (non-hydrogen) atoms. The topological polar surface area (TPSA) is 74.8 Å². The van der Waals surface area contributed by atoms with Gasteiger partial charge in [0.15, 0.2) is 0 Å². The highest BCUT2D eigenvalue weighted by molar-refractivity contribution is 5.95. The summed E-state index contributed by atoms with van der Waals surface area (Å²) in [4.78, 5) is 31.4. The molecule has 5 nitrogen and oxygen atoms in total. The minimum Gasteiger partial charge on any atom is -0.349 e. The van der Waals surface area contributed by atoms with Gasteiger partial charge in [0.25, 0.3) is 11.5 Å². The van der Waals surface area contributed by atoms with Crippen molar-refractivity contribution in [3.05, 3.63) is 27.4 Å². The first-order chi connectivity index (χ1) is 9.38. The maximum absolute atomic E-state index is 12.3. The third kappa shape index (κ3) is 3.08. The lowest BCUT2D eigenvalue weighted by Gasteiger charge is -2.14. The van der Waals surface area contributed by atoms with Crippen LogP contribution in [-0.4, -0.2) is 21.9 Å². The number of hydrogen-bond acceptors (Lipinski definition) is 3. The van der Waals surface area contributed by atoms with Gasteiger partial charge in [-0.05, 0) is 32.1 Å². The van der Waals surface area contributed by atoms with E-state index in [9.17, 15) is 9.59 Å². The molecule has 1 heterocycles. The van der Waals surface area contributed by atoms with Crippen LogP contribution in [0.4, 0.5) is 0 Å². The molecule has 2 rings (SSSR count). The fourth-order valence-corrected chi connectivity index (χ4v) is 2.74. The number of H-pyrrole nitrogens is 1. The Morgan fingerprint density at radius 3 is 2.60 bits per heavy atom. The number of carbonyl (C=O) groups is 1. The summed E-state index contributed by atoms with van der Waals surface area (Å²) in [6, 6.07) is 0.182. The second-order valence-corrected chi connectivity index (χ2v) is 6.15. The van der Waals surface area contributed by atoms with Gasteiger partial charge in [0, 0.05) is 12.0 Å². The molecule has 0 saturated heterocycles. The predicted molar refractivity (Wildman–Crippen MR) is 78.0 cm³/mol. The lowest BCUT2D eigenvalue weighted by atomic mass is 10.1. The zero-order valence-electron chi connectivity index (χ0n) is 12.6. The van der Waals surface area contributed by atoms with Crippen LogP contribution in [-0.2, 0) is 0 Å². The van der Waals surface area contributed by atoms with Crippen LogP contribution in [0.3, 0.4) is 0 Å². The third-order valence-electron chi connectivity index (χ3n) is 3.92. The Labute approximate surface area is 119 Å². The van der Waals surface area contributed by atoms with Gasteiger partial charge < -0.3 is 10.3 Å². The minimum absolute atomic E-state index is 0.134.